The minimum atomic E-state index is -1.10. The standard InChI is InChI=1S/C24H30N2O6/c1-12(2)10-15(22(28)29)25-23(30)31-18-7-4-13-11-16-14-5-6-17(27)21-24(14,8-9-26(16)3)19(13)20(18)32-21/h4,7,12,14-16,21H,5-6,8-11H2,1-3H3,(H,25,30)(H,28,29)/t14?,15-,16?,21+,24?/m1/s1. The summed E-state index contributed by atoms with van der Waals surface area (Å²) in [6.07, 6.45) is 2.03. The first-order valence-electron chi connectivity index (χ1n) is 11.5. The number of rotatable bonds is 5. The lowest BCUT2D eigenvalue weighted by Gasteiger charge is -2.57. The van der Waals surface area contributed by atoms with Gasteiger partial charge in [0.2, 0.25) is 0 Å². The van der Waals surface area contributed by atoms with E-state index >= 15 is 0 Å². The predicted octanol–water partition coefficient (Wildman–Crippen LogP) is 2.51. The Labute approximate surface area is 187 Å². The van der Waals surface area contributed by atoms with E-state index in [0.717, 1.165) is 36.9 Å². The van der Waals surface area contributed by atoms with Gasteiger partial charge in [-0.05, 0) is 62.7 Å². The molecule has 4 aliphatic rings. The molecular weight excluding hydrogens is 412 g/mol. The third-order valence-electron chi connectivity index (χ3n) is 7.87. The van der Waals surface area contributed by atoms with Gasteiger partial charge in [0.1, 0.15) is 6.04 Å². The molecule has 1 saturated heterocycles. The van der Waals surface area contributed by atoms with Crippen molar-refractivity contribution < 1.29 is 29.0 Å². The summed E-state index contributed by atoms with van der Waals surface area (Å²) in [5.41, 5.74) is 1.83. The molecule has 2 heterocycles. The van der Waals surface area contributed by atoms with Crippen LogP contribution in [-0.2, 0) is 21.4 Å². The zero-order valence-corrected chi connectivity index (χ0v) is 18.7. The Morgan fingerprint density at radius 1 is 1.38 bits per heavy atom. The largest absolute Gasteiger partial charge is 0.480 e. The molecule has 32 heavy (non-hydrogen) atoms. The molecule has 2 aliphatic carbocycles. The molecule has 2 N–H and O–H groups in total. The molecule has 0 radical (unpaired) electrons. The summed E-state index contributed by atoms with van der Waals surface area (Å²) in [5.74, 6) is 0.196. The van der Waals surface area contributed by atoms with Crippen LogP contribution < -0.4 is 14.8 Å². The average molecular weight is 443 g/mol. The molecule has 1 aromatic rings. The highest BCUT2D eigenvalue weighted by molar-refractivity contribution is 5.89. The number of ketones is 1. The number of carboxylic acid groups (broad SMARTS) is 1. The van der Waals surface area contributed by atoms with Crippen LogP contribution in [0.15, 0.2) is 12.1 Å². The van der Waals surface area contributed by atoms with Crippen LogP contribution in [0.5, 0.6) is 11.5 Å². The van der Waals surface area contributed by atoms with Gasteiger partial charge in [-0.25, -0.2) is 9.59 Å². The van der Waals surface area contributed by atoms with Crippen molar-refractivity contribution in [3.8, 4) is 11.5 Å². The third kappa shape index (κ3) is 3.03. The van der Waals surface area contributed by atoms with E-state index in [9.17, 15) is 19.5 Å². The lowest BCUT2D eigenvalue weighted by Crippen LogP contribution is -2.65. The smallest absolute Gasteiger partial charge is 0.413 e. The van der Waals surface area contributed by atoms with Gasteiger partial charge in [-0.3, -0.25) is 4.79 Å². The Bertz CT molecular complexity index is 991. The van der Waals surface area contributed by atoms with Crippen LogP contribution in [0.25, 0.3) is 0 Å². The summed E-state index contributed by atoms with van der Waals surface area (Å²) >= 11 is 0. The minimum absolute atomic E-state index is 0.101. The SMILES string of the molecule is CC(C)C[C@@H](NC(=O)Oc1ccc2c3c1O[C@H]1C(=O)CCC4C(C2)N(C)CCC341)C(=O)O. The van der Waals surface area contributed by atoms with Crippen LogP contribution in [0.3, 0.4) is 0 Å². The molecule has 8 nitrogen and oxygen atoms in total. The molecule has 2 aliphatic heterocycles. The summed E-state index contributed by atoms with van der Waals surface area (Å²) in [7, 11) is 2.16. The number of carbonyl (C=O) groups is 3. The van der Waals surface area contributed by atoms with Crippen LogP contribution >= 0.6 is 0 Å². The fourth-order valence-corrected chi connectivity index (χ4v) is 6.55. The molecule has 2 bridgehead atoms. The van der Waals surface area contributed by atoms with Gasteiger partial charge in [-0.1, -0.05) is 19.9 Å². The second kappa shape index (κ2) is 7.47. The monoisotopic (exact) mass is 442 g/mol. The van der Waals surface area contributed by atoms with Crippen LogP contribution in [0, 0.1) is 11.8 Å². The van der Waals surface area contributed by atoms with Gasteiger partial charge in [0, 0.05) is 23.4 Å². The summed E-state index contributed by atoms with van der Waals surface area (Å²) in [6, 6.07) is 3.03. The van der Waals surface area contributed by atoms with Crippen LogP contribution in [0.2, 0.25) is 0 Å². The van der Waals surface area contributed by atoms with E-state index < -0.39 is 24.2 Å². The number of hydrogen-bond acceptors (Lipinski definition) is 6. The number of Topliss-reactive ketones (excluding diaryl/α,β-unsaturated/α-hetero) is 1. The van der Waals surface area contributed by atoms with E-state index in [1.54, 1.807) is 6.07 Å². The number of nitrogens with zero attached hydrogens (tertiary/aromatic N) is 1. The Morgan fingerprint density at radius 2 is 2.16 bits per heavy atom. The molecule has 0 aromatic heterocycles. The number of hydrogen-bond donors (Lipinski definition) is 2. The van der Waals surface area contributed by atoms with Gasteiger partial charge < -0.3 is 24.8 Å². The van der Waals surface area contributed by atoms with E-state index in [4.69, 9.17) is 9.47 Å². The van der Waals surface area contributed by atoms with Crippen molar-refractivity contribution in [2.75, 3.05) is 13.6 Å². The zero-order valence-electron chi connectivity index (χ0n) is 18.7. The van der Waals surface area contributed by atoms with Crippen molar-refractivity contribution in [3.63, 3.8) is 0 Å². The highest BCUT2D eigenvalue weighted by Crippen LogP contribution is 2.63. The first-order valence-corrected chi connectivity index (χ1v) is 11.5. The summed E-state index contributed by atoms with van der Waals surface area (Å²) in [5, 5.41) is 11.9. The number of nitrogens with one attached hydrogen (secondary N) is 1. The average Bonchev–Trinajstić information content (AvgIpc) is 3.08. The molecule has 5 atom stereocenters. The minimum Gasteiger partial charge on any atom is -0.480 e. The van der Waals surface area contributed by atoms with E-state index in [1.165, 1.54) is 0 Å². The maximum atomic E-state index is 12.9. The number of likely N-dealkylation sites (tertiary alicyclic amines) is 1. The van der Waals surface area contributed by atoms with Crippen molar-refractivity contribution in [3.05, 3.63) is 23.3 Å². The quantitative estimate of drug-likeness (QED) is 0.722. The van der Waals surface area contributed by atoms with E-state index in [1.807, 2.05) is 19.9 Å². The molecule has 3 unspecified atom stereocenters. The second-order valence-corrected chi connectivity index (χ2v) is 10.1. The third-order valence-corrected chi connectivity index (χ3v) is 7.87. The maximum absolute atomic E-state index is 12.9. The van der Waals surface area contributed by atoms with Gasteiger partial charge >= 0.3 is 12.1 Å². The van der Waals surface area contributed by atoms with Gasteiger partial charge in [-0.2, -0.15) is 0 Å². The van der Waals surface area contributed by atoms with Crippen molar-refractivity contribution in [1.29, 1.82) is 0 Å². The Balaban J connectivity index is 1.48. The molecule has 2 fully saturated rings. The van der Waals surface area contributed by atoms with Crippen LogP contribution in [0.1, 0.15) is 50.7 Å². The lowest BCUT2D eigenvalue weighted by atomic mass is 9.52. The topological polar surface area (TPSA) is 105 Å². The zero-order chi connectivity index (χ0) is 22.8. The van der Waals surface area contributed by atoms with E-state index in [-0.39, 0.29) is 22.9 Å². The maximum Gasteiger partial charge on any atom is 0.413 e. The van der Waals surface area contributed by atoms with Crippen LogP contribution in [0.4, 0.5) is 4.79 Å². The number of aliphatic carboxylic acids is 1. The number of carbonyl (C=O) groups excluding carboxylic acids is 2. The number of benzene rings is 1. The lowest BCUT2D eigenvalue weighted by molar-refractivity contribution is -0.140. The highest BCUT2D eigenvalue weighted by atomic mass is 16.6. The molecule has 1 aromatic carbocycles. The van der Waals surface area contributed by atoms with Crippen molar-refractivity contribution in [2.24, 2.45) is 11.8 Å². The Morgan fingerprint density at radius 3 is 2.88 bits per heavy atom. The number of amides is 1. The Hall–Kier alpha value is -2.61. The number of likely N-dealkylation sites (N-methyl/N-ethyl adjacent to an activating group) is 1. The molecule has 1 amide bonds. The number of carboxylic acids is 1. The van der Waals surface area contributed by atoms with Gasteiger partial charge in [0.15, 0.2) is 23.4 Å². The number of piperidine rings is 1. The van der Waals surface area contributed by atoms with Crippen molar-refractivity contribution >= 4 is 17.8 Å². The number of ether oxygens (including phenoxy) is 2. The molecular formula is C24H30N2O6. The van der Waals surface area contributed by atoms with Crippen LogP contribution in [-0.4, -0.2) is 59.6 Å². The first kappa shape index (κ1) is 21.2. The molecule has 1 spiro atoms. The van der Waals surface area contributed by atoms with E-state index in [0.29, 0.717) is 30.6 Å². The normalized spacial score (nSPS) is 31.0. The van der Waals surface area contributed by atoms with Gasteiger partial charge in [0.05, 0.1) is 0 Å². The Kier molecular flexibility index (Phi) is 4.96. The summed E-state index contributed by atoms with van der Waals surface area (Å²) in [4.78, 5) is 39.4. The molecule has 8 heteroatoms. The highest BCUT2D eigenvalue weighted by Gasteiger charge is 2.65. The fraction of sp³-hybridized carbons (Fsp3) is 0.625. The van der Waals surface area contributed by atoms with Gasteiger partial charge in [-0.15, -0.1) is 0 Å². The van der Waals surface area contributed by atoms with E-state index in [2.05, 4.69) is 17.3 Å². The van der Waals surface area contributed by atoms with Crippen molar-refractivity contribution in [1.82, 2.24) is 10.2 Å². The van der Waals surface area contributed by atoms with Gasteiger partial charge in [0.25, 0.3) is 0 Å². The molecule has 1 saturated carbocycles. The van der Waals surface area contributed by atoms with Crippen molar-refractivity contribution in [2.45, 2.75) is 69.6 Å². The first-order chi connectivity index (χ1) is 15.2. The summed E-state index contributed by atoms with van der Waals surface area (Å²) < 4.78 is 11.9. The predicted molar refractivity (Wildman–Crippen MR) is 115 cm³/mol. The second-order valence-electron chi connectivity index (χ2n) is 10.1. The molecule has 172 valence electrons. The fourth-order valence-electron chi connectivity index (χ4n) is 6.55. The summed E-state index contributed by atoms with van der Waals surface area (Å²) in [6.45, 7) is 4.68. The molecule has 5 rings (SSSR count).